The number of hydrogen-bond donors (Lipinski definition) is 0. The number of alkyl halides is 4. The second kappa shape index (κ2) is 19.6. The van der Waals surface area contributed by atoms with Crippen LogP contribution in [-0.2, 0) is 0 Å². The molecule has 0 amide bonds. The zero-order valence-electron chi connectivity index (χ0n) is 23.3. The summed E-state index contributed by atoms with van der Waals surface area (Å²) in [6, 6.07) is 14.3. The van der Waals surface area contributed by atoms with Gasteiger partial charge in [0.2, 0.25) is 0 Å². The number of benzene rings is 2. The molecule has 2 aromatic rings. The number of carbonyl (C=O) groups excluding carboxylic acids is 2. The Bertz CT molecular complexity index is 914. The zero-order chi connectivity index (χ0) is 29.3. The standard InChI is InChI=1S/C30H40Cl4N2O4/c1-39-27-9-5-23(6-10-27)29(37)25(21-35(17-13-31)18-14-32)3-4-26(22-36(19-15-33)20-16-34)30(38)24-7-11-28(40-2)12-8-24/h5-12,25-26H,3-4,13-22H2,1-2H3/t25-,26+. The van der Waals surface area contributed by atoms with Crippen molar-refractivity contribution in [3.8, 4) is 11.5 Å². The monoisotopic (exact) mass is 632 g/mol. The van der Waals surface area contributed by atoms with Gasteiger partial charge in [-0.1, -0.05) is 0 Å². The number of methoxy groups -OCH3 is 2. The lowest BCUT2D eigenvalue weighted by Crippen LogP contribution is -2.38. The highest BCUT2D eigenvalue weighted by Gasteiger charge is 2.28. The molecular weight excluding hydrogens is 594 g/mol. The summed E-state index contributed by atoms with van der Waals surface area (Å²) in [7, 11) is 3.18. The van der Waals surface area contributed by atoms with E-state index in [1.807, 2.05) is 0 Å². The molecule has 10 heteroatoms. The number of ketones is 2. The number of hydrogen-bond acceptors (Lipinski definition) is 6. The highest BCUT2D eigenvalue weighted by Crippen LogP contribution is 2.25. The number of Topliss-reactive ketones (excluding diaryl/α,β-unsaturated/α-hetero) is 2. The van der Waals surface area contributed by atoms with Gasteiger partial charge in [-0.2, -0.15) is 0 Å². The Morgan fingerprint density at radius 1 is 0.600 bits per heavy atom. The van der Waals surface area contributed by atoms with Crippen LogP contribution in [0.2, 0.25) is 0 Å². The summed E-state index contributed by atoms with van der Waals surface area (Å²) >= 11 is 24.2. The quantitative estimate of drug-likeness (QED) is 0.118. The number of halogens is 4. The molecule has 6 nitrogen and oxygen atoms in total. The SMILES string of the molecule is COc1ccc(C(=O)[C@H](CC[C@@H](CN(CCCl)CCCl)C(=O)c2ccc(OC)cc2)CN(CCCl)CCCl)cc1. The maximum atomic E-state index is 13.8. The van der Waals surface area contributed by atoms with Crippen LogP contribution in [0.1, 0.15) is 33.6 Å². The van der Waals surface area contributed by atoms with Crippen molar-refractivity contribution in [1.29, 1.82) is 0 Å². The van der Waals surface area contributed by atoms with E-state index in [9.17, 15) is 9.59 Å². The van der Waals surface area contributed by atoms with Crippen molar-refractivity contribution in [2.45, 2.75) is 12.8 Å². The summed E-state index contributed by atoms with van der Waals surface area (Å²) in [6.45, 7) is 3.48. The molecule has 40 heavy (non-hydrogen) atoms. The first-order valence-corrected chi connectivity index (χ1v) is 15.6. The maximum Gasteiger partial charge on any atom is 0.167 e. The van der Waals surface area contributed by atoms with Gasteiger partial charge in [0.05, 0.1) is 14.2 Å². The smallest absolute Gasteiger partial charge is 0.167 e. The van der Waals surface area contributed by atoms with Crippen LogP contribution >= 0.6 is 46.4 Å². The first-order valence-electron chi connectivity index (χ1n) is 13.5. The van der Waals surface area contributed by atoms with E-state index in [4.69, 9.17) is 55.9 Å². The van der Waals surface area contributed by atoms with E-state index in [1.165, 1.54) is 0 Å². The Hall–Kier alpha value is -1.54. The third-order valence-electron chi connectivity index (χ3n) is 6.91. The van der Waals surface area contributed by atoms with Gasteiger partial charge < -0.3 is 19.3 Å². The third-order valence-corrected chi connectivity index (χ3v) is 7.59. The van der Waals surface area contributed by atoms with Crippen LogP contribution in [-0.4, -0.2) is 98.4 Å². The van der Waals surface area contributed by atoms with Gasteiger partial charge >= 0.3 is 0 Å². The normalized spacial score (nSPS) is 12.9. The van der Waals surface area contributed by atoms with Crippen LogP contribution in [0.4, 0.5) is 0 Å². The van der Waals surface area contributed by atoms with Crippen molar-refractivity contribution < 1.29 is 19.1 Å². The molecule has 0 aromatic heterocycles. The average Bonchev–Trinajstić information content (AvgIpc) is 2.98. The molecule has 0 saturated heterocycles. The molecule has 222 valence electrons. The molecule has 2 atom stereocenters. The van der Waals surface area contributed by atoms with Gasteiger partial charge in [-0.15, -0.1) is 46.4 Å². The largest absolute Gasteiger partial charge is 0.497 e. The summed E-state index contributed by atoms with van der Waals surface area (Å²) in [6.07, 6.45) is 1.04. The van der Waals surface area contributed by atoms with E-state index in [0.717, 1.165) is 0 Å². The fraction of sp³-hybridized carbons (Fsp3) is 0.533. The van der Waals surface area contributed by atoms with Crippen LogP contribution in [0.15, 0.2) is 48.5 Å². The third kappa shape index (κ3) is 11.4. The van der Waals surface area contributed by atoms with Crippen molar-refractivity contribution in [3.63, 3.8) is 0 Å². The Kier molecular flexibility index (Phi) is 16.9. The number of rotatable bonds is 21. The number of ether oxygens (including phenoxy) is 2. The van der Waals surface area contributed by atoms with Crippen molar-refractivity contribution in [2.75, 3.05) is 77.0 Å². The minimum atomic E-state index is -0.347. The van der Waals surface area contributed by atoms with Crippen molar-refractivity contribution >= 4 is 58.0 Å². The number of carbonyl (C=O) groups is 2. The van der Waals surface area contributed by atoms with Gasteiger partial charge in [0.15, 0.2) is 11.6 Å². The Morgan fingerprint density at radius 2 is 0.900 bits per heavy atom. The van der Waals surface area contributed by atoms with E-state index in [1.54, 1.807) is 62.8 Å². The summed E-state index contributed by atoms with van der Waals surface area (Å²) in [4.78, 5) is 31.7. The topological polar surface area (TPSA) is 59.1 Å². The van der Waals surface area contributed by atoms with E-state index in [-0.39, 0.29) is 23.4 Å². The summed E-state index contributed by atoms with van der Waals surface area (Å²) in [5, 5.41) is 0. The molecule has 2 rings (SSSR count). The van der Waals surface area contributed by atoms with Gasteiger partial charge in [-0.05, 0) is 61.4 Å². The zero-order valence-corrected chi connectivity index (χ0v) is 26.3. The fourth-order valence-corrected chi connectivity index (χ4v) is 5.64. The van der Waals surface area contributed by atoms with Crippen LogP contribution in [0.5, 0.6) is 11.5 Å². The molecule has 0 radical (unpaired) electrons. The Labute approximate surface area is 258 Å². The predicted molar refractivity (Wildman–Crippen MR) is 167 cm³/mol. The molecule has 2 aromatic carbocycles. The Morgan fingerprint density at radius 3 is 1.15 bits per heavy atom. The molecule has 0 aliphatic heterocycles. The molecule has 0 aliphatic rings. The summed E-state index contributed by atoms with van der Waals surface area (Å²) in [5.74, 6) is 2.45. The minimum Gasteiger partial charge on any atom is -0.497 e. The second-order valence-electron chi connectivity index (χ2n) is 9.51. The first kappa shape index (κ1) is 34.7. The highest BCUT2D eigenvalue weighted by molar-refractivity contribution is 6.18. The van der Waals surface area contributed by atoms with Gasteiger partial charge in [-0.25, -0.2) is 0 Å². The molecular formula is C30H40Cl4N2O4. The molecule has 0 spiro atoms. The van der Waals surface area contributed by atoms with Gasteiger partial charge in [-0.3, -0.25) is 9.59 Å². The summed E-state index contributed by atoms with van der Waals surface area (Å²) in [5.41, 5.74) is 1.21. The molecule has 0 N–H and O–H groups in total. The summed E-state index contributed by atoms with van der Waals surface area (Å²) < 4.78 is 10.5. The van der Waals surface area contributed by atoms with Crippen molar-refractivity contribution in [2.24, 2.45) is 11.8 Å². The molecule has 0 aliphatic carbocycles. The minimum absolute atomic E-state index is 0.0193. The van der Waals surface area contributed by atoms with E-state index in [0.29, 0.717) is 98.3 Å². The average molecular weight is 634 g/mol. The molecule has 0 unspecified atom stereocenters. The van der Waals surface area contributed by atoms with Crippen LogP contribution in [0, 0.1) is 11.8 Å². The van der Waals surface area contributed by atoms with E-state index >= 15 is 0 Å². The Balaban J connectivity index is 2.34. The van der Waals surface area contributed by atoms with Crippen LogP contribution < -0.4 is 9.47 Å². The molecule has 0 bridgehead atoms. The van der Waals surface area contributed by atoms with Crippen LogP contribution in [0.25, 0.3) is 0 Å². The maximum absolute atomic E-state index is 13.8. The van der Waals surface area contributed by atoms with Crippen LogP contribution in [0.3, 0.4) is 0 Å². The van der Waals surface area contributed by atoms with Gasteiger partial charge in [0, 0.05) is 85.8 Å². The fourth-order valence-electron chi connectivity index (χ4n) is 4.69. The lowest BCUT2D eigenvalue weighted by Gasteiger charge is -2.29. The van der Waals surface area contributed by atoms with Crippen molar-refractivity contribution in [1.82, 2.24) is 9.80 Å². The van der Waals surface area contributed by atoms with E-state index < -0.39 is 0 Å². The van der Waals surface area contributed by atoms with Crippen molar-refractivity contribution in [3.05, 3.63) is 59.7 Å². The molecule has 0 fully saturated rings. The molecule has 0 saturated carbocycles. The predicted octanol–water partition coefficient (Wildman–Crippen LogP) is 6.34. The highest BCUT2D eigenvalue weighted by atomic mass is 35.5. The molecule has 0 heterocycles. The van der Waals surface area contributed by atoms with Gasteiger partial charge in [0.25, 0.3) is 0 Å². The second-order valence-corrected chi connectivity index (χ2v) is 11.0. The van der Waals surface area contributed by atoms with E-state index in [2.05, 4.69) is 9.80 Å². The first-order chi connectivity index (χ1) is 19.4. The van der Waals surface area contributed by atoms with Gasteiger partial charge in [0.1, 0.15) is 11.5 Å². The lowest BCUT2D eigenvalue weighted by molar-refractivity contribution is 0.0816. The number of nitrogens with zero attached hydrogens (tertiary/aromatic N) is 2. The lowest BCUT2D eigenvalue weighted by atomic mass is 9.86.